The van der Waals surface area contributed by atoms with Crippen molar-refractivity contribution >= 4 is 23.8 Å². The number of likely N-dealkylation sites (tertiary alicyclic amines) is 1. The highest BCUT2D eigenvalue weighted by Gasteiger charge is 2.28. The summed E-state index contributed by atoms with van der Waals surface area (Å²) in [5.41, 5.74) is -0.0541. The van der Waals surface area contributed by atoms with E-state index in [1.54, 1.807) is 0 Å². The van der Waals surface area contributed by atoms with Crippen LogP contribution in [-0.2, 0) is 23.9 Å². The van der Waals surface area contributed by atoms with Crippen molar-refractivity contribution in [1.82, 2.24) is 4.90 Å². The Balaban J connectivity index is 2.38. The van der Waals surface area contributed by atoms with Crippen LogP contribution in [0.2, 0.25) is 0 Å². The molecule has 0 unspecified atom stereocenters. The first-order chi connectivity index (χ1) is 8.41. The van der Waals surface area contributed by atoms with E-state index in [4.69, 9.17) is 9.84 Å². The molecule has 0 aromatic carbocycles. The van der Waals surface area contributed by atoms with Gasteiger partial charge in [0.25, 0.3) is 0 Å². The van der Waals surface area contributed by atoms with Crippen LogP contribution in [0.15, 0.2) is 11.6 Å². The lowest BCUT2D eigenvalue weighted by atomic mass is 10.3. The fourth-order valence-corrected chi connectivity index (χ4v) is 1.46. The Morgan fingerprint density at radius 3 is 2.39 bits per heavy atom. The smallest absolute Gasteiger partial charge is 0.334 e. The Bertz CT molecular complexity index is 409. The topological polar surface area (TPSA) is 101 Å². The van der Waals surface area contributed by atoms with Gasteiger partial charge in [0.1, 0.15) is 6.61 Å². The van der Waals surface area contributed by atoms with Crippen LogP contribution in [0.3, 0.4) is 0 Å². The van der Waals surface area contributed by atoms with Crippen LogP contribution in [0, 0.1) is 0 Å². The van der Waals surface area contributed by atoms with Gasteiger partial charge in [-0.15, -0.1) is 0 Å². The molecule has 0 bridgehead atoms. The summed E-state index contributed by atoms with van der Waals surface area (Å²) in [6, 6.07) is 0. The molecule has 1 fully saturated rings. The Hall–Kier alpha value is -2.18. The van der Waals surface area contributed by atoms with Gasteiger partial charge in [-0.25, -0.2) is 9.59 Å². The molecule has 1 N–H and O–H groups in total. The van der Waals surface area contributed by atoms with E-state index in [0.717, 1.165) is 11.0 Å². The third kappa shape index (κ3) is 3.69. The molecule has 1 rings (SSSR count). The van der Waals surface area contributed by atoms with Crippen molar-refractivity contribution in [3.63, 3.8) is 0 Å². The largest absolute Gasteiger partial charge is 0.478 e. The number of carbonyl (C=O) groups is 4. The molecule has 98 valence electrons. The summed E-state index contributed by atoms with van der Waals surface area (Å²) < 4.78 is 4.75. The van der Waals surface area contributed by atoms with Gasteiger partial charge in [-0.3, -0.25) is 14.5 Å². The van der Waals surface area contributed by atoms with Gasteiger partial charge in [0.2, 0.25) is 11.8 Å². The first kappa shape index (κ1) is 13.9. The lowest BCUT2D eigenvalue weighted by Gasteiger charge is -2.13. The highest BCUT2D eigenvalue weighted by Crippen LogP contribution is 2.10. The summed E-state index contributed by atoms with van der Waals surface area (Å²) in [6.45, 7) is 1.17. The highest BCUT2D eigenvalue weighted by atomic mass is 16.5. The zero-order valence-corrected chi connectivity index (χ0v) is 9.84. The number of nitrogens with zero attached hydrogens (tertiary/aromatic N) is 1. The fourth-order valence-electron chi connectivity index (χ4n) is 1.46. The van der Waals surface area contributed by atoms with E-state index >= 15 is 0 Å². The normalized spacial score (nSPS) is 16.1. The Kier molecular flexibility index (Phi) is 4.59. The van der Waals surface area contributed by atoms with E-state index in [2.05, 4.69) is 0 Å². The maximum Gasteiger partial charge on any atom is 0.334 e. The lowest BCUT2D eigenvalue weighted by Crippen LogP contribution is -2.33. The van der Waals surface area contributed by atoms with Crippen molar-refractivity contribution in [1.29, 1.82) is 0 Å². The van der Waals surface area contributed by atoms with Crippen LogP contribution in [0.1, 0.15) is 19.8 Å². The minimum absolute atomic E-state index is 0.00373. The molecule has 1 saturated heterocycles. The molecule has 0 saturated carbocycles. The molecule has 2 amide bonds. The SMILES string of the molecule is C/C(=C\C(=O)O)C(=O)OCCN1C(=O)CCC1=O. The number of aliphatic carboxylic acids is 1. The summed E-state index contributed by atoms with van der Waals surface area (Å²) in [6.07, 6.45) is 1.10. The van der Waals surface area contributed by atoms with Gasteiger partial charge in [0.05, 0.1) is 6.54 Å². The molecule has 0 aromatic heterocycles. The molecule has 1 heterocycles. The van der Waals surface area contributed by atoms with Crippen LogP contribution < -0.4 is 0 Å². The van der Waals surface area contributed by atoms with Gasteiger partial charge in [0, 0.05) is 24.5 Å². The second-order valence-electron chi connectivity index (χ2n) is 3.74. The average Bonchev–Trinajstić information content (AvgIpc) is 2.59. The number of rotatable bonds is 5. The Morgan fingerprint density at radius 2 is 1.89 bits per heavy atom. The number of carboxylic acids is 1. The predicted molar refractivity (Wildman–Crippen MR) is 58.3 cm³/mol. The monoisotopic (exact) mass is 255 g/mol. The molecule has 0 aliphatic carbocycles. The van der Waals surface area contributed by atoms with Gasteiger partial charge in [-0.1, -0.05) is 0 Å². The number of hydrogen-bond acceptors (Lipinski definition) is 5. The second kappa shape index (κ2) is 5.95. The lowest BCUT2D eigenvalue weighted by molar-refractivity contribution is -0.145. The fraction of sp³-hybridized carbons (Fsp3) is 0.455. The van der Waals surface area contributed by atoms with Crippen molar-refractivity contribution in [3.8, 4) is 0 Å². The van der Waals surface area contributed by atoms with E-state index in [9.17, 15) is 19.2 Å². The summed E-state index contributed by atoms with van der Waals surface area (Å²) in [4.78, 5) is 45.0. The molecule has 1 aliphatic heterocycles. The third-order valence-electron chi connectivity index (χ3n) is 2.36. The maximum atomic E-state index is 11.3. The first-order valence-electron chi connectivity index (χ1n) is 5.33. The number of carbonyl (C=O) groups excluding carboxylic acids is 3. The van der Waals surface area contributed by atoms with Gasteiger partial charge in [-0.05, 0) is 6.92 Å². The first-order valence-corrected chi connectivity index (χ1v) is 5.33. The maximum absolute atomic E-state index is 11.3. The number of imide groups is 1. The van der Waals surface area contributed by atoms with Crippen LogP contribution in [0.5, 0.6) is 0 Å². The molecule has 7 heteroatoms. The summed E-state index contributed by atoms with van der Waals surface area (Å²) >= 11 is 0. The van der Waals surface area contributed by atoms with Gasteiger partial charge in [-0.2, -0.15) is 0 Å². The third-order valence-corrected chi connectivity index (χ3v) is 2.36. The molecule has 7 nitrogen and oxygen atoms in total. The van der Waals surface area contributed by atoms with Gasteiger partial charge in [0.15, 0.2) is 0 Å². The van der Waals surface area contributed by atoms with Crippen molar-refractivity contribution in [2.45, 2.75) is 19.8 Å². The van der Waals surface area contributed by atoms with Crippen molar-refractivity contribution in [3.05, 3.63) is 11.6 Å². The van der Waals surface area contributed by atoms with Crippen molar-refractivity contribution < 1.29 is 29.0 Å². The second-order valence-corrected chi connectivity index (χ2v) is 3.74. The molecule has 18 heavy (non-hydrogen) atoms. The molecule has 0 spiro atoms. The molecule has 0 atom stereocenters. The zero-order valence-electron chi connectivity index (χ0n) is 9.84. The molecule has 1 aliphatic rings. The Labute approximate surface area is 103 Å². The average molecular weight is 255 g/mol. The number of hydrogen-bond donors (Lipinski definition) is 1. The standard InChI is InChI=1S/C11H13NO6/c1-7(6-10(15)16)11(17)18-5-4-12-8(13)2-3-9(12)14/h6H,2-5H2,1H3,(H,15,16)/b7-6+. The van der Waals surface area contributed by atoms with E-state index < -0.39 is 11.9 Å². The van der Waals surface area contributed by atoms with E-state index in [1.165, 1.54) is 6.92 Å². The zero-order chi connectivity index (χ0) is 13.7. The van der Waals surface area contributed by atoms with Crippen molar-refractivity contribution in [2.24, 2.45) is 0 Å². The van der Waals surface area contributed by atoms with Crippen LogP contribution >= 0.6 is 0 Å². The highest BCUT2D eigenvalue weighted by molar-refractivity contribution is 6.02. The van der Waals surface area contributed by atoms with Crippen molar-refractivity contribution in [2.75, 3.05) is 13.2 Å². The summed E-state index contributed by atoms with van der Waals surface area (Å²) in [5.74, 6) is -2.59. The summed E-state index contributed by atoms with van der Waals surface area (Å²) in [7, 11) is 0. The van der Waals surface area contributed by atoms with Crippen LogP contribution in [-0.4, -0.2) is 46.9 Å². The summed E-state index contributed by atoms with van der Waals surface area (Å²) in [5, 5.41) is 8.42. The molecular formula is C11H13NO6. The minimum Gasteiger partial charge on any atom is -0.478 e. The minimum atomic E-state index is -1.24. The molecule has 0 radical (unpaired) electrons. The van der Waals surface area contributed by atoms with Gasteiger partial charge >= 0.3 is 11.9 Å². The predicted octanol–water partition coefficient (Wildman–Crippen LogP) is -0.291. The quantitative estimate of drug-likeness (QED) is 0.411. The van der Waals surface area contributed by atoms with Crippen LogP contribution in [0.4, 0.5) is 0 Å². The van der Waals surface area contributed by atoms with E-state index in [0.29, 0.717) is 0 Å². The van der Waals surface area contributed by atoms with E-state index in [1.807, 2.05) is 0 Å². The number of carboxylic acid groups (broad SMARTS) is 1. The number of amides is 2. The number of ether oxygens (including phenoxy) is 1. The number of esters is 1. The Morgan fingerprint density at radius 1 is 1.33 bits per heavy atom. The van der Waals surface area contributed by atoms with Crippen LogP contribution in [0.25, 0.3) is 0 Å². The molecular weight excluding hydrogens is 242 g/mol. The van der Waals surface area contributed by atoms with E-state index in [-0.39, 0.29) is 43.4 Å². The van der Waals surface area contributed by atoms with Gasteiger partial charge < -0.3 is 9.84 Å². The molecule has 0 aromatic rings.